The van der Waals surface area contributed by atoms with Crippen LogP contribution in [0.25, 0.3) is 0 Å². The van der Waals surface area contributed by atoms with Crippen LogP contribution in [-0.2, 0) is 17.6 Å². The zero-order valence-corrected chi connectivity index (χ0v) is 17.6. The number of benzene rings is 3. The van der Waals surface area contributed by atoms with E-state index < -0.39 is 11.7 Å². The Kier molecular flexibility index (Phi) is 6.80. The number of hydrogen-bond donors (Lipinski definition) is 2. The zero-order valence-electron chi connectivity index (χ0n) is 17.6. The molecule has 3 aromatic carbocycles. The Labute approximate surface area is 186 Å². The topological polar surface area (TPSA) is 67.4 Å². The summed E-state index contributed by atoms with van der Waals surface area (Å²) in [6.45, 7) is 0.925. The number of anilines is 1. The summed E-state index contributed by atoms with van der Waals surface area (Å²) in [5, 5.41) is 5.71. The third-order valence-corrected chi connectivity index (χ3v) is 5.50. The molecule has 0 saturated carbocycles. The van der Waals surface area contributed by atoms with Crippen molar-refractivity contribution >= 4 is 17.5 Å². The number of ether oxygens (including phenoxy) is 1. The number of nitrogens with one attached hydrogen (secondary N) is 2. The van der Waals surface area contributed by atoms with Crippen molar-refractivity contribution in [3.8, 4) is 5.75 Å². The number of carbonyl (C=O) groups excluding carboxylic acids is 2. The highest BCUT2D eigenvalue weighted by Gasteiger charge is 2.26. The second kappa shape index (κ2) is 10.1. The van der Waals surface area contributed by atoms with Crippen molar-refractivity contribution in [1.82, 2.24) is 5.32 Å². The first-order valence-corrected chi connectivity index (χ1v) is 10.7. The van der Waals surface area contributed by atoms with E-state index in [1.165, 1.54) is 23.8 Å². The van der Waals surface area contributed by atoms with Gasteiger partial charge in [0.2, 0.25) is 5.91 Å². The summed E-state index contributed by atoms with van der Waals surface area (Å²) in [7, 11) is 0. The molecule has 1 aliphatic heterocycles. The lowest BCUT2D eigenvalue weighted by molar-refractivity contribution is -0.126. The molecule has 164 valence electrons. The molecule has 2 amide bonds. The van der Waals surface area contributed by atoms with Gasteiger partial charge in [-0.1, -0.05) is 42.5 Å². The van der Waals surface area contributed by atoms with Gasteiger partial charge in [-0.3, -0.25) is 9.59 Å². The van der Waals surface area contributed by atoms with E-state index >= 15 is 0 Å². The summed E-state index contributed by atoms with van der Waals surface area (Å²) in [4.78, 5) is 25.0. The molecule has 0 aliphatic carbocycles. The third kappa shape index (κ3) is 5.32. The van der Waals surface area contributed by atoms with E-state index in [1.807, 2.05) is 18.2 Å². The zero-order chi connectivity index (χ0) is 22.3. The second-order valence-corrected chi connectivity index (χ2v) is 7.85. The number of hydrogen-bond acceptors (Lipinski definition) is 3. The van der Waals surface area contributed by atoms with Gasteiger partial charge < -0.3 is 15.4 Å². The standard InChI is InChI=1S/C26H25FN2O3/c27-23-11-5-4-10-22(23)26(31)29-21-12-13-24-19(16-21)15-20(17-32-24)25(30)28-14-6-9-18-7-2-1-3-8-18/h1-5,7-8,10-13,16,20H,6,9,14-15,17H2,(H,28,30)(H,29,31)/t20-/m1/s1. The van der Waals surface area contributed by atoms with Crippen molar-refractivity contribution in [3.63, 3.8) is 0 Å². The average Bonchev–Trinajstić information content (AvgIpc) is 2.82. The van der Waals surface area contributed by atoms with Gasteiger partial charge in [-0.15, -0.1) is 0 Å². The fraction of sp³-hybridized carbons (Fsp3) is 0.231. The summed E-state index contributed by atoms with van der Waals surface area (Å²) in [5.41, 5.74) is 2.60. The highest BCUT2D eigenvalue weighted by Crippen LogP contribution is 2.30. The maximum Gasteiger partial charge on any atom is 0.258 e. The van der Waals surface area contributed by atoms with Gasteiger partial charge in [-0.05, 0) is 60.7 Å². The lowest BCUT2D eigenvalue weighted by atomic mass is 9.95. The minimum Gasteiger partial charge on any atom is -0.492 e. The van der Waals surface area contributed by atoms with Crippen molar-refractivity contribution in [2.45, 2.75) is 19.3 Å². The summed E-state index contributed by atoms with van der Waals surface area (Å²) in [5.74, 6) is -0.731. The maximum absolute atomic E-state index is 13.9. The first kappa shape index (κ1) is 21.6. The van der Waals surface area contributed by atoms with E-state index in [-0.39, 0.29) is 17.4 Å². The molecule has 0 unspecified atom stereocenters. The molecule has 0 radical (unpaired) electrons. The molecule has 0 bridgehead atoms. The number of aryl methyl sites for hydroxylation is 1. The molecule has 0 saturated heterocycles. The van der Waals surface area contributed by atoms with Crippen molar-refractivity contribution < 1.29 is 18.7 Å². The minimum absolute atomic E-state index is 0.0192. The van der Waals surface area contributed by atoms with Crippen molar-refractivity contribution in [1.29, 1.82) is 0 Å². The van der Waals surface area contributed by atoms with Crippen LogP contribution in [0.4, 0.5) is 10.1 Å². The summed E-state index contributed by atoms with van der Waals surface area (Å²) < 4.78 is 19.6. The highest BCUT2D eigenvalue weighted by atomic mass is 19.1. The molecule has 4 rings (SSSR count). The van der Waals surface area contributed by atoms with Crippen LogP contribution >= 0.6 is 0 Å². The second-order valence-electron chi connectivity index (χ2n) is 7.85. The number of carbonyl (C=O) groups is 2. The molecular formula is C26H25FN2O3. The minimum atomic E-state index is -0.574. The Bertz CT molecular complexity index is 1100. The molecular weight excluding hydrogens is 407 g/mol. The summed E-state index contributed by atoms with van der Waals surface area (Å²) in [6.07, 6.45) is 2.30. The van der Waals surface area contributed by atoms with E-state index in [4.69, 9.17) is 4.74 Å². The lowest BCUT2D eigenvalue weighted by Crippen LogP contribution is -2.37. The number of fused-ring (bicyclic) bond motifs is 1. The number of halogens is 1. The Hall–Kier alpha value is -3.67. The van der Waals surface area contributed by atoms with Gasteiger partial charge in [0, 0.05) is 12.2 Å². The van der Waals surface area contributed by atoms with Crippen molar-refractivity contribution in [3.05, 3.63) is 95.3 Å². The first-order valence-electron chi connectivity index (χ1n) is 10.7. The van der Waals surface area contributed by atoms with Crippen molar-refractivity contribution in [2.75, 3.05) is 18.5 Å². The molecule has 1 heterocycles. The van der Waals surface area contributed by atoms with Gasteiger partial charge in [0.1, 0.15) is 18.2 Å². The quantitative estimate of drug-likeness (QED) is 0.545. The predicted molar refractivity (Wildman–Crippen MR) is 121 cm³/mol. The largest absolute Gasteiger partial charge is 0.492 e. The summed E-state index contributed by atoms with van der Waals surface area (Å²) in [6, 6.07) is 21.3. The van der Waals surface area contributed by atoms with Crippen LogP contribution < -0.4 is 15.4 Å². The van der Waals surface area contributed by atoms with E-state index in [0.29, 0.717) is 31.0 Å². The van der Waals surface area contributed by atoms with Gasteiger partial charge in [0.05, 0.1) is 11.5 Å². The van der Waals surface area contributed by atoms with Crippen LogP contribution in [-0.4, -0.2) is 25.0 Å². The highest BCUT2D eigenvalue weighted by molar-refractivity contribution is 6.04. The SMILES string of the molecule is O=C(Nc1ccc2c(c1)C[C@@H](C(=O)NCCCc1ccccc1)CO2)c1ccccc1F. The fourth-order valence-electron chi connectivity index (χ4n) is 3.78. The smallest absolute Gasteiger partial charge is 0.258 e. The summed E-state index contributed by atoms with van der Waals surface area (Å²) >= 11 is 0. The van der Waals surface area contributed by atoms with Crippen molar-refractivity contribution in [2.24, 2.45) is 5.92 Å². The Morgan fingerprint density at radius 2 is 1.78 bits per heavy atom. The number of amides is 2. The molecule has 6 heteroatoms. The molecule has 5 nitrogen and oxygen atoms in total. The molecule has 0 spiro atoms. The van der Waals surface area contributed by atoms with Crippen LogP contribution in [0.15, 0.2) is 72.8 Å². The first-order chi connectivity index (χ1) is 15.6. The monoisotopic (exact) mass is 432 g/mol. The Morgan fingerprint density at radius 3 is 2.59 bits per heavy atom. The van der Waals surface area contributed by atoms with Gasteiger partial charge in [-0.2, -0.15) is 0 Å². The van der Waals surface area contributed by atoms with Crippen LogP contribution in [0.2, 0.25) is 0 Å². The van der Waals surface area contributed by atoms with Crippen LogP contribution in [0.1, 0.15) is 27.9 Å². The Balaban J connectivity index is 1.32. The fourth-order valence-corrected chi connectivity index (χ4v) is 3.78. The van der Waals surface area contributed by atoms with E-state index in [1.54, 1.807) is 24.3 Å². The predicted octanol–water partition coefficient (Wildman–Crippen LogP) is 4.38. The van der Waals surface area contributed by atoms with Crippen LogP contribution in [0, 0.1) is 11.7 Å². The molecule has 2 N–H and O–H groups in total. The molecule has 0 aromatic heterocycles. The van der Waals surface area contributed by atoms with Gasteiger partial charge in [0.25, 0.3) is 5.91 Å². The van der Waals surface area contributed by atoms with Gasteiger partial charge >= 0.3 is 0 Å². The maximum atomic E-state index is 13.9. The Morgan fingerprint density at radius 1 is 1.00 bits per heavy atom. The van der Waals surface area contributed by atoms with Crippen LogP contribution in [0.3, 0.4) is 0 Å². The van der Waals surface area contributed by atoms with E-state index in [2.05, 4.69) is 22.8 Å². The molecule has 0 fully saturated rings. The van der Waals surface area contributed by atoms with Gasteiger partial charge in [-0.25, -0.2) is 4.39 Å². The molecule has 1 atom stereocenters. The number of rotatable bonds is 7. The van der Waals surface area contributed by atoms with E-state index in [0.717, 1.165) is 18.4 Å². The van der Waals surface area contributed by atoms with Gasteiger partial charge in [0.15, 0.2) is 0 Å². The lowest BCUT2D eigenvalue weighted by Gasteiger charge is -2.25. The third-order valence-electron chi connectivity index (χ3n) is 5.50. The molecule has 32 heavy (non-hydrogen) atoms. The van der Waals surface area contributed by atoms with Crippen LogP contribution in [0.5, 0.6) is 5.75 Å². The molecule has 1 aliphatic rings. The normalized spacial score (nSPS) is 14.7. The molecule has 3 aromatic rings. The van der Waals surface area contributed by atoms with E-state index in [9.17, 15) is 14.0 Å². The average molecular weight is 432 g/mol.